The number of aromatic nitrogens is 2. The van der Waals surface area contributed by atoms with Crippen molar-refractivity contribution in [3.63, 3.8) is 0 Å². The molecule has 0 aliphatic carbocycles. The zero-order chi connectivity index (χ0) is 15.5. The van der Waals surface area contributed by atoms with E-state index in [1.807, 2.05) is 30.3 Å². The van der Waals surface area contributed by atoms with Crippen LogP contribution in [-0.2, 0) is 0 Å². The molecule has 0 fully saturated rings. The van der Waals surface area contributed by atoms with Gasteiger partial charge >= 0.3 is 0 Å². The molecular weight excluding hydrogens is 281 g/mol. The second-order valence-electron chi connectivity index (χ2n) is 4.68. The lowest BCUT2D eigenvalue weighted by Crippen LogP contribution is -2.00. The Kier molecular flexibility index (Phi) is 3.58. The number of aryl methyl sites for hydroxylation is 1. The molecule has 4 nitrogen and oxygen atoms in total. The van der Waals surface area contributed by atoms with Crippen LogP contribution in [0.3, 0.4) is 0 Å². The van der Waals surface area contributed by atoms with E-state index < -0.39 is 0 Å². The van der Waals surface area contributed by atoms with E-state index in [4.69, 9.17) is 4.74 Å². The number of halogens is 1. The minimum absolute atomic E-state index is 0.317. The topological polar surface area (TPSA) is 50.8 Å². The second-order valence-corrected chi connectivity index (χ2v) is 4.68. The molecule has 1 aromatic heterocycles. The van der Waals surface area contributed by atoms with Crippen LogP contribution in [-0.4, -0.2) is 9.78 Å². The molecular formula is C17H12FN3O. The highest BCUT2D eigenvalue weighted by Crippen LogP contribution is 2.29. The summed E-state index contributed by atoms with van der Waals surface area (Å²) in [6.45, 7) is 1.75. The summed E-state index contributed by atoms with van der Waals surface area (Å²) in [5.41, 5.74) is 1.71. The molecule has 0 unspecified atom stereocenters. The van der Waals surface area contributed by atoms with Crippen LogP contribution in [0.5, 0.6) is 11.6 Å². The highest BCUT2D eigenvalue weighted by atomic mass is 19.1. The Morgan fingerprint density at radius 3 is 2.41 bits per heavy atom. The van der Waals surface area contributed by atoms with Crippen LogP contribution in [0.25, 0.3) is 5.69 Å². The molecule has 3 rings (SSSR count). The van der Waals surface area contributed by atoms with E-state index in [0.717, 1.165) is 5.69 Å². The largest absolute Gasteiger partial charge is 0.438 e. The maximum absolute atomic E-state index is 13.0. The normalized spacial score (nSPS) is 10.2. The Morgan fingerprint density at radius 1 is 1.09 bits per heavy atom. The Bertz CT molecular complexity index is 833. The molecule has 3 aromatic rings. The number of rotatable bonds is 3. The van der Waals surface area contributed by atoms with Gasteiger partial charge in [-0.25, -0.2) is 4.39 Å². The van der Waals surface area contributed by atoms with Crippen LogP contribution in [0.2, 0.25) is 0 Å². The van der Waals surface area contributed by atoms with Crippen molar-refractivity contribution in [2.45, 2.75) is 6.92 Å². The summed E-state index contributed by atoms with van der Waals surface area (Å²) < 4.78 is 20.3. The van der Waals surface area contributed by atoms with Crippen molar-refractivity contribution in [2.75, 3.05) is 0 Å². The standard InChI is InChI=1S/C17H12FN3O/c1-12-16(11-19)17(22-15-9-7-13(18)8-10-15)21(20-12)14-5-3-2-4-6-14/h2-10H,1H3. The molecule has 0 N–H and O–H groups in total. The van der Waals surface area contributed by atoms with Crippen molar-refractivity contribution < 1.29 is 9.13 Å². The van der Waals surface area contributed by atoms with Gasteiger partial charge in [-0.05, 0) is 43.3 Å². The first-order valence-electron chi connectivity index (χ1n) is 6.67. The van der Waals surface area contributed by atoms with E-state index in [9.17, 15) is 9.65 Å². The molecule has 0 aliphatic rings. The quantitative estimate of drug-likeness (QED) is 0.733. The van der Waals surface area contributed by atoms with Crippen LogP contribution in [0.1, 0.15) is 11.3 Å². The van der Waals surface area contributed by atoms with Gasteiger partial charge in [-0.15, -0.1) is 0 Å². The SMILES string of the molecule is Cc1nn(-c2ccccc2)c(Oc2ccc(F)cc2)c1C#N. The Hall–Kier alpha value is -3.13. The average Bonchev–Trinajstić information content (AvgIpc) is 2.86. The van der Waals surface area contributed by atoms with E-state index in [1.165, 1.54) is 24.3 Å². The number of nitrogens with zero attached hydrogens (tertiary/aromatic N) is 3. The van der Waals surface area contributed by atoms with Crippen molar-refractivity contribution in [1.29, 1.82) is 5.26 Å². The molecule has 5 heteroatoms. The van der Waals surface area contributed by atoms with Crippen LogP contribution in [0.15, 0.2) is 54.6 Å². The van der Waals surface area contributed by atoms with E-state index in [1.54, 1.807) is 11.6 Å². The molecule has 22 heavy (non-hydrogen) atoms. The van der Waals surface area contributed by atoms with Crippen molar-refractivity contribution in [3.8, 4) is 23.4 Å². The van der Waals surface area contributed by atoms with Crippen molar-refractivity contribution in [2.24, 2.45) is 0 Å². The van der Waals surface area contributed by atoms with Gasteiger partial charge in [-0.3, -0.25) is 0 Å². The van der Waals surface area contributed by atoms with E-state index in [2.05, 4.69) is 11.2 Å². The van der Waals surface area contributed by atoms with Gasteiger partial charge < -0.3 is 4.74 Å². The second kappa shape index (κ2) is 5.70. The smallest absolute Gasteiger partial charge is 0.240 e. The third-order valence-corrected chi connectivity index (χ3v) is 3.16. The fourth-order valence-electron chi connectivity index (χ4n) is 2.09. The number of nitriles is 1. The van der Waals surface area contributed by atoms with E-state index >= 15 is 0 Å². The van der Waals surface area contributed by atoms with Gasteiger partial charge in [0, 0.05) is 0 Å². The zero-order valence-corrected chi connectivity index (χ0v) is 11.8. The highest BCUT2D eigenvalue weighted by Gasteiger charge is 2.18. The molecule has 0 bridgehead atoms. The van der Waals surface area contributed by atoms with Crippen LogP contribution >= 0.6 is 0 Å². The summed E-state index contributed by atoms with van der Waals surface area (Å²) in [6.07, 6.45) is 0. The van der Waals surface area contributed by atoms with Crippen molar-refractivity contribution >= 4 is 0 Å². The monoisotopic (exact) mass is 293 g/mol. The van der Waals surface area contributed by atoms with Gasteiger partial charge in [0.15, 0.2) is 0 Å². The predicted molar refractivity (Wildman–Crippen MR) is 79.5 cm³/mol. The van der Waals surface area contributed by atoms with Gasteiger partial charge in [0.1, 0.15) is 23.2 Å². The molecule has 0 saturated carbocycles. The summed E-state index contributed by atoms with van der Waals surface area (Å²) in [6, 6.07) is 17.1. The summed E-state index contributed by atoms with van der Waals surface area (Å²) in [4.78, 5) is 0. The molecule has 0 saturated heterocycles. The molecule has 1 heterocycles. The maximum atomic E-state index is 13.0. The summed E-state index contributed by atoms with van der Waals surface area (Å²) in [7, 11) is 0. The minimum Gasteiger partial charge on any atom is -0.438 e. The first-order valence-corrected chi connectivity index (χ1v) is 6.67. The first kappa shape index (κ1) is 13.8. The number of para-hydroxylation sites is 1. The van der Waals surface area contributed by atoms with E-state index in [-0.39, 0.29) is 5.82 Å². The third-order valence-electron chi connectivity index (χ3n) is 3.16. The predicted octanol–water partition coefficient (Wildman–Crippen LogP) is 3.98. The lowest BCUT2D eigenvalue weighted by molar-refractivity contribution is 0.442. The van der Waals surface area contributed by atoms with E-state index in [0.29, 0.717) is 22.9 Å². The average molecular weight is 293 g/mol. The molecule has 108 valence electrons. The number of benzene rings is 2. The van der Waals surface area contributed by atoms with Crippen LogP contribution in [0.4, 0.5) is 4.39 Å². The summed E-state index contributed by atoms with van der Waals surface area (Å²) >= 11 is 0. The molecule has 0 atom stereocenters. The zero-order valence-electron chi connectivity index (χ0n) is 11.8. The lowest BCUT2D eigenvalue weighted by Gasteiger charge is -2.09. The Labute approximate surface area is 127 Å². The summed E-state index contributed by atoms with van der Waals surface area (Å²) in [5.74, 6) is 0.411. The number of hydrogen-bond donors (Lipinski definition) is 0. The molecule has 0 radical (unpaired) electrons. The van der Waals surface area contributed by atoms with Crippen molar-refractivity contribution in [3.05, 3.63) is 71.7 Å². The van der Waals surface area contributed by atoms with Gasteiger partial charge in [0.2, 0.25) is 5.88 Å². The van der Waals surface area contributed by atoms with Gasteiger partial charge in [-0.1, -0.05) is 18.2 Å². The lowest BCUT2D eigenvalue weighted by atomic mass is 10.2. The molecule has 2 aromatic carbocycles. The highest BCUT2D eigenvalue weighted by molar-refractivity contribution is 5.49. The Morgan fingerprint density at radius 2 is 1.77 bits per heavy atom. The van der Waals surface area contributed by atoms with Gasteiger partial charge in [0.05, 0.1) is 11.4 Å². The fraction of sp³-hybridized carbons (Fsp3) is 0.0588. The summed E-state index contributed by atoms with van der Waals surface area (Å²) in [5, 5.41) is 13.7. The van der Waals surface area contributed by atoms with Crippen LogP contribution < -0.4 is 4.74 Å². The van der Waals surface area contributed by atoms with Crippen molar-refractivity contribution in [1.82, 2.24) is 9.78 Å². The first-order chi connectivity index (χ1) is 10.7. The minimum atomic E-state index is -0.347. The number of ether oxygens (including phenoxy) is 1. The maximum Gasteiger partial charge on any atom is 0.240 e. The van der Waals surface area contributed by atoms with Gasteiger partial charge in [-0.2, -0.15) is 15.0 Å². The van der Waals surface area contributed by atoms with Crippen LogP contribution in [0, 0.1) is 24.1 Å². The molecule has 0 spiro atoms. The number of hydrogen-bond acceptors (Lipinski definition) is 3. The Balaban J connectivity index is 2.09. The molecule has 0 aliphatic heterocycles. The molecule has 0 amide bonds. The van der Waals surface area contributed by atoms with Gasteiger partial charge in [0.25, 0.3) is 0 Å². The fourth-order valence-corrected chi connectivity index (χ4v) is 2.09. The third kappa shape index (κ3) is 2.54.